The molecule has 0 unspecified atom stereocenters. The lowest BCUT2D eigenvalue weighted by Crippen LogP contribution is -2.00. The summed E-state index contributed by atoms with van der Waals surface area (Å²) in [4.78, 5) is 5.73. The maximum absolute atomic E-state index is 5.61. The Hall–Kier alpha value is -1.32. The Kier molecular flexibility index (Phi) is 3.59. The summed E-state index contributed by atoms with van der Waals surface area (Å²) in [7, 11) is 0. The Labute approximate surface area is 99.9 Å². The van der Waals surface area contributed by atoms with Crippen LogP contribution in [0.4, 0.5) is 0 Å². The number of hydrogen-bond acceptors (Lipinski definition) is 3. The van der Waals surface area contributed by atoms with Gasteiger partial charge in [0.2, 0.25) is 0 Å². The largest absolute Gasteiger partial charge is 0.326 e. The number of aromatic nitrogens is 1. The minimum atomic E-state index is 0.551. The molecular weight excluding hydrogens is 216 g/mol. The summed E-state index contributed by atoms with van der Waals surface area (Å²) in [5, 5.41) is 1.01. The second-order valence-corrected chi connectivity index (χ2v) is 4.61. The highest BCUT2D eigenvalue weighted by atomic mass is 32.2. The maximum Gasteiger partial charge on any atom is 0.101 e. The first-order valence-corrected chi connectivity index (χ1v) is 6.01. The van der Waals surface area contributed by atoms with Gasteiger partial charge in [-0.1, -0.05) is 36.0 Å². The van der Waals surface area contributed by atoms with Gasteiger partial charge in [0.25, 0.3) is 0 Å². The van der Waals surface area contributed by atoms with Crippen molar-refractivity contribution in [2.75, 3.05) is 0 Å². The monoisotopic (exact) mass is 230 g/mol. The minimum Gasteiger partial charge on any atom is -0.326 e. The van der Waals surface area contributed by atoms with Crippen molar-refractivity contribution in [2.45, 2.75) is 23.4 Å². The molecule has 0 saturated carbocycles. The highest BCUT2D eigenvalue weighted by Gasteiger charge is 2.01. The van der Waals surface area contributed by atoms with E-state index in [4.69, 9.17) is 5.73 Å². The van der Waals surface area contributed by atoms with Crippen LogP contribution in [0.1, 0.15) is 11.3 Å². The van der Waals surface area contributed by atoms with Gasteiger partial charge in [0.15, 0.2) is 0 Å². The first-order chi connectivity index (χ1) is 7.79. The summed E-state index contributed by atoms with van der Waals surface area (Å²) < 4.78 is 0. The molecule has 1 aromatic carbocycles. The predicted molar refractivity (Wildman–Crippen MR) is 67.4 cm³/mol. The molecule has 1 aromatic heterocycles. The summed E-state index contributed by atoms with van der Waals surface area (Å²) in [6.07, 6.45) is 0. The van der Waals surface area contributed by atoms with Crippen molar-refractivity contribution in [3.8, 4) is 0 Å². The lowest BCUT2D eigenvalue weighted by molar-refractivity contribution is 0.964. The maximum atomic E-state index is 5.61. The number of hydrogen-bond donors (Lipinski definition) is 1. The molecular formula is C13H14N2S. The molecule has 0 amide bonds. The number of nitrogens with two attached hydrogens (primary N) is 1. The van der Waals surface area contributed by atoms with E-state index in [9.17, 15) is 0 Å². The van der Waals surface area contributed by atoms with E-state index in [-0.39, 0.29) is 0 Å². The summed E-state index contributed by atoms with van der Waals surface area (Å²) in [6, 6.07) is 14.3. The fourth-order valence-corrected chi connectivity index (χ4v) is 2.30. The SMILES string of the molecule is Cc1nc(Sc2ccccc2)ccc1CN. The summed E-state index contributed by atoms with van der Waals surface area (Å²) in [5.41, 5.74) is 7.73. The average molecular weight is 230 g/mol. The standard InChI is InChI=1S/C13H14N2S/c1-10-11(9-14)7-8-13(15-10)16-12-5-3-2-4-6-12/h2-8H,9,14H2,1H3. The molecule has 3 heteroatoms. The quantitative estimate of drug-likeness (QED) is 0.881. The molecule has 0 aliphatic heterocycles. The average Bonchev–Trinajstić information content (AvgIpc) is 2.31. The molecule has 2 nitrogen and oxygen atoms in total. The molecule has 0 bridgehead atoms. The lowest BCUT2D eigenvalue weighted by atomic mass is 10.2. The third-order valence-electron chi connectivity index (χ3n) is 2.36. The molecule has 1 heterocycles. The zero-order chi connectivity index (χ0) is 11.4. The van der Waals surface area contributed by atoms with Crippen LogP contribution in [-0.4, -0.2) is 4.98 Å². The van der Waals surface area contributed by atoms with Crippen LogP contribution in [0.25, 0.3) is 0 Å². The first kappa shape index (κ1) is 11.2. The molecule has 16 heavy (non-hydrogen) atoms. The molecule has 0 fully saturated rings. The number of aryl methyl sites for hydroxylation is 1. The van der Waals surface area contributed by atoms with Crippen LogP contribution < -0.4 is 5.73 Å². The van der Waals surface area contributed by atoms with Crippen LogP contribution in [0.2, 0.25) is 0 Å². The van der Waals surface area contributed by atoms with E-state index < -0.39 is 0 Å². The number of rotatable bonds is 3. The van der Waals surface area contributed by atoms with Crippen molar-refractivity contribution in [3.63, 3.8) is 0 Å². The van der Waals surface area contributed by atoms with Crippen LogP contribution in [-0.2, 0) is 6.54 Å². The first-order valence-electron chi connectivity index (χ1n) is 5.19. The zero-order valence-electron chi connectivity index (χ0n) is 9.18. The molecule has 2 N–H and O–H groups in total. The molecule has 0 atom stereocenters. The van der Waals surface area contributed by atoms with Crippen molar-refractivity contribution in [1.82, 2.24) is 4.98 Å². The van der Waals surface area contributed by atoms with Crippen LogP contribution in [0, 0.1) is 6.92 Å². The van der Waals surface area contributed by atoms with Gasteiger partial charge in [-0.15, -0.1) is 0 Å². The lowest BCUT2D eigenvalue weighted by Gasteiger charge is -2.05. The van der Waals surface area contributed by atoms with Crippen molar-refractivity contribution >= 4 is 11.8 Å². The van der Waals surface area contributed by atoms with E-state index in [1.54, 1.807) is 11.8 Å². The van der Waals surface area contributed by atoms with E-state index in [1.165, 1.54) is 4.90 Å². The second kappa shape index (κ2) is 5.14. The van der Waals surface area contributed by atoms with Crippen LogP contribution in [0.15, 0.2) is 52.4 Å². The summed E-state index contributed by atoms with van der Waals surface area (Å²) in [5.74, 6) is 0. The van der Waals surface area contributed by atoms with Gasteiger partial charge < -0.3 is 5.73 Å². The fourth-order valence-electron chi connectivity index (χ4n) is 1.45. The van der Waals surface area contributed by atoms with Crippen LogP contribution >= 0.6 is 11.8 Å². The Balaban J connectivity index is 2.20. The van der Waals surface area contributed by atoms with Crippen molar-refractivity contribution < 1.29 is 0 Å². The third-order valence-corrected chi connectivity index (χ3v) is 3.30. The highest BCUT2D eigenvalue weighted by Crippen LogP contribution is 2.26. The van der Waals surface area contributed by atoms with Gasteiger partial charge in [-0.3, -0.25) is 0 Å². The number of nitrogens with zero attached hydrogens (tertiary/aromatic N) is 1. The van der Waals surface area contributed by atoms with Crippen LogP contribution in [0.3, 0.4) is 0 Å². The van der Waals surface area contributed by atoms with E-state index in [2.05, 4.69) is 17.1 Å². The van der Waals surface area contributed by atoms with Gasteiger partial charge in [0.1, 0.15) is 5.03 Å². The predicted octanol–water partition coefficient (Wildman–Crippen LogP) is 3.00. The minimum absolute atomic E-state index is 0.551. The van der Waals surface area contributed by atoms with Gasteiger partial charge in [-0.05, 0) is 30.7 Å². The Morgan fingerprint density at radius 2 is 1.88 bits per heavy atom. The van der Waals surface area contributed by atoms with Gasteiger partial charge in [-0.25, -0.2) is 4.98 Å². The van der Waals surface area contributed by atoms with E-state index >= 15 is 0 Å². The van der Waals surface area contributed by atoms with Crippen molar-refractivity contribution in [1.29, 1.82) is 0 Å². The molecule has 0 aliphatic rings. The molecule has 2 aromatic rings. The van der Waals surface area contributed by atoms with Gasteiger partial charge in [-0.2, -0.15) is 0 Å². The normalized spacial score (nSPS) is 10.4. The highest BCUT2D eigenvalue weighted by molar-refractivity contribution is 7.99. The smallest absolute Gasteiger partial charge is 0.101 e. The molecule has 0 aliphatic carbocycles. The molecule has 82 valence electrons. The summed E-state index contributed by atoms with van der Waals surface area (Å²) >= 11 is 1.67. The Bertz CT molecular complexity index is 469. The summed E-state index contributed by atoms with van der Waals surface area (Å²) in [6.45, 7) is 2.55. The Morgan fingerprint density at radius 3 is 2.50 bits per heavy atom. The van der Waals surface area contributed by atoms with Gasteiger partial charge in [0.05, 0.1) is 0 Å². The third kappa shape index (κ3) is 2.62. The fraction of sp³-hybridized carbons (Fsp3) is 0.154. The van der Waals surface area contributed by atoms with E-state index in [0.29, 0.717) is 6.54 Å². The van der Waals surface area contributed by atoms with Crippen molar-refractivity contribution in [3.05, 3.63) is 53.7 Å². The molecule has 0 spiro atoms. The van der Waals surface area contributed by atoms with E-state index in [0.717, 1.165) is 16.3 Å². The van der Waals surface area contributed by atoms with Gasteiger partial charge >= 0.3 is 0 Å². The zero-order valence-corrected chi connectivity index (χ0v) is 10.00. The topological polar surface area (TPSA) is 38.9 Å². The molecule has 0 saturated heterocycles. The van der Waals surface area contributed by atoms with E-state index in [1.807, 2.05) is 37.3 Å². The number of benzene rings is 1. The second-order valence-electron chi connectivity index (χ2n) is 3.51. The molecule has 0 radical (unpaired) electrons. The van der Waals surface area contributed by atoms with Crippen molar-refractivity contribution in [2.24, 2.45) is 5.73 Å². The van der Waals surface area contributed by atoms with Gasteiger partial charge in [0, 0.05) is 17.1 Å². The number of pyridine rings is 1. The molecule has 2 rings (SSSR count). The van der Waals surface area contributed by atoms with Crippen LogP contribution in [0.5, 0.6) is 0 Å². The Morgan fingerprint density at radius 1 is 1.12 bits per heavy atom.